The lowest BCUT2D eigenvalue weighted by atomic mass is 10.1. The average Bonchev–Trinajstić information content (AvgIpc) is 3.14. The van der Waals surface area contributed by atoms with Gasteiger partial charge in [0.25, 0.3) is 0 Å². The summed E-state index contributed by atoms with van der Waals surface area (Å²) in [5, 5.41) is 3.47. The molecule has 2 rings (SSSR count). The highest BCUT2D eigenvalue weighted by atomic mass is 15.2. The number of aryl methyl sites for hydroxylation is 1. The van der Waals surface area contributed by atoms with Crippen LogP contribution in [0.2, 0.25) is 0 Å². The second kappa shape index (κ2) is 5.75. The van der Waals surface area contributed by atoms with E-state index in [0.717, 1.165) is 19.1 Å². The second-order valence-corrected chi connectivity index (χ2v) is 5.67. The summed E-state index contributed by atoms with van der Waals surface area (Å²) < 4.78 is 0. The van der Waals surface area contributed by atoms with E-state index >= 15 is 0 Å². The highest BCUT2D eigenvalue weighted by Gasteiger charge is 2.28. The number of anilines is 1. The van der Waals surface area contributed by atoms with Gasteiger partial charge in [-0.1, -0.05) is 26.0 Å². The fourth-order valence-corrected chi connectivity index (χ4v) is 2.48. The van der Waals surface area contributed by atoms with Crippen molar-refractivity contribution in [2.24, 2.45) is 0 Å². The van der Waals surface area contributed by atoms with Crippen LogP contribution in [0.25, 0.3) is 0 Å². The second-order valence-electron chi connectivity index (χ2n) is 5.67. The van der Waals surface area contributed by atoms with E-state index in [1.807, 2.05) is 0 Å². The molecule has 0 aliphatic heterocycles. The molecule has 1 aromatic rings. The molecule has 0 amide bonds. The number of hydrogen-bond donors (Lipinski definition) is 1. The normalized spacial score (nSPS) is 15.2. The minimum Gasteiger partial charge on any atom is -0.369 e. The molecule has 1 aliphatic carbocycles. The predicted molar refractivity (Wildman–Crippen MR) is 79.2 cm³/mol. The van der Waals surface area contributed by atoms with Gasteiger partial charge in [-0.3, -0.25) is 0 Å². The van der Waals surface area contributed by atoms with Crippen LogP contribution in [0.15, 0.2) is 18.2 Å². The Hall–Kier alpha value is -1.02. The van der Waals surface area contributed by atoms with Crippen LogP contribution in [0.3, 0.4) is 0 Å². The van der Waals surface area contributed by atoms with Gasteiger partial charge in [-0.2, -0.15) is 0 Å². The van der Waals surface area contributed by atoms with Crippen molar-refractivity contribution in [2.45, 2.75) is 59.2 Å². The summed E-state index contributed by atoms with van der Waals surface area (Å²) in [7, 11) is 0. The number of benzene rings is 1. The van der Waals surface area contributed by atoms with Gasteiger partial charge in [-0.15, -0.1) is 0 Å². The van der Waals surface area contributed by atoms with Gasteiger partial charge in [0.15, 0.2) is 0 Å². The molecule has 1 N–H and O–H groups in total. The first-order valence-electron chi connectivity index (χ1n) is 7.21. The smallest absolute Gasteiger partial charge is 0.0398 e. The van der Waals surface area contributed by atoms with Crippen LogP contribution in [-0.2, 0) is 6.54 Å². The van der Waals surface area contributed by atoms with E-state index in [1.54, 1.807) is 0 Å². The minimum atomic E-state index is 0.545. The summed E-state index contributed by atoms with van der Waals surface area (Å²) in [6, 6.07) is 8.24. The van der Waals surface area contributed by atoms with Crippen molar-refractivity contribution >= 4 is 5.69 Å². The molecule has 1 fully saturated rings. The Balaban J connectivity index is 2.08. The summed E-state index contributed by atoms with van der Waals surface area (Å²) in [5.41, 5.74) is 4.22. The van der Waals surface area contributed by atoms with Crippen molar-refractivity contribution in [2.75, 3.05) is 11.4 Å². The molecule has 2 nitrogen and oxygen atoms in total. The van der Waals surface area contributed by atoms with E-state index in [2.05, 4.69) is 56.1 Å². The van der Waals surface area contributed by atoms with Crippen molar-refractivity contribution in [3.63, 3.8) is 0 Å². The molecule has 1 aliphatic rings. The SMILES string of the molecule is CCN(c1ccc(CNC(C)C)cc1C)C1CC1. The zero-order chi connectivity index (χ0) is 13.1. The summed E-state index contributed by atoms with van der Waals surface area (Å²) in [5.74, 6) is 0. The Kier molecular flexibility index (Phi) is 4.28. The van der Waals surface area contributed by atoms with Crippen LogP contribution >= 0.6 is 0 Å². The molecule has 0 saturated heterocycles. The van der Waals surface area contributed by atoms with E-state index in [4.69, 9.17) is 0 Å². The maximum Gasteiger partial charge on any atom is 0.0398 e. The third-order valence-corrected chi connectivity index (χ3v) is 3.61. The first-order valence-corrected chi connectivity index (χ1v) is 7.21. The van der Waals surface area contributed by atoms with E-state index in [0.29, 0.717) is 6.04 Å². The lowest BCUT2D eigenvalue weighted by molar-refractivity contribution is 0.588. The van der Waals surface area contributed by atoms with Crippen LogP contribution in [0.4, 0.5) is 5.69 Å². The molecule has 18 heavy (non-hydrogen) atoms. The van der Waals surface area contributed by atoms with Crippen LogP contribution in [-0.4, -0.2) is 18.6 Å². The molecule has 0 heterocycles. The van der Waals surface area contributed by atoms with E-state index < -0.39 is 0 Å². The monoisotopic (exact) mass is 246 g/mol. The first-order chi connectivity index (χ1) is 8.61. The molecule has 2 heteroatoms. The summed E-state index contributed by atoms with van der Waals surface area (Å²) in [6.45, 7) is 11.0. The van der Waals surface area contributed by atoms with Gasteiger partial charge in [0.1, 0.15) is 0 Å². The van der Waals surface area contributed by atoms with Gasteiger partial charge in [0.05, 0.1) is 0 Å². The molecule has 0 aromatic heterocycles. The molecule has 0 unspecified atom stereocenters. The molecule has 0 atom stereocenters. The fourth-order valence-electron chi connectivity index (χ4n) is 2.48. The first kappa shape index (κ1) is 13.4. The van der Waals surface area contributed by atoms with Crippen LogP contribution in [0.5, 0.6) is 0 Å². The third kappa shape index (κ3) is 3.26. The Morgan fingerprint density at radius 3 is 2.56 bits per heavy atom. The molecule has 0 radical (unpaired) electrons. The Labute approximate surface area is 111 Å². The van der Waals surface area contributed by atoms with Crippen molar-refractivity contribution in [3.05, 3.63) is 29.3 Å². The van der Waals surface area contributed by atoms with Gasteiger partial charge in [0, 0.05) is 30.9 Å². The predicted octanol–water partition coefficient (Wildman–Crippen LogP) is 3.48. The molecule has 1 aromatic carbocycles. The maximum absolute atomic E-state index is 3.47. The zero-order valence-corrected chi connectivity index (χ0v) is 12.2. The van der Waals surface area contributed by atoms with Crippen molar-refractivity contribution in [1.29, 1.82) is 0 Å². The van der Waals surface area contributed by atoms with Gasteiger partial charge in [-0.25, -0.2) is 0 Å². The molecule has 0 spiro atoms. The lowest BCUT2D eigenvalue weighted by Gasteiger charge is -2.25. The number of nitrogens with one attached hydrogen (secondary N) is 1. The summed E-state index contributed by atoms with van der Waals surface area (Å²) in [6.07, 6.45) is 2.73. The number of hydrogen-bond acceptors (Lipinski definition) is 2. The Bertz CT molecular complexity index is 394. The standard InChI is InChI=1S/C16H26N2/c1-5-18(15-7-8-15)16-9-6-14(10-13(16)4)11-17-12(2)3/h6,9-10,12,15,17H,5,7-8,11H2,1-4H3. The molecular weight excluding hydrogens is 220 g/mol. The van der Waals surface area contributed by atoms with Crippen molar-refractivity contribution in [3.8, 4) is 0 Å². The van der Waals surface area contributed by atoms with Crippen molar-refractivity contribution < 1.29 is 0 Å². The quantitative estimate of drug-likeness (QED) is 0.826. The summed E-state index contributed by atoms with van der Waals surface area (Å²) >= 11 is 0. The number of nitrogens with zero attached hydrogens (tertiary/aromatic N) is 1. The zero-order valence-electron chi connectivity index (χ0n) is 12.2. The minimum absolute atomic E-state index is 0.545. The summed E-state index contributed by atoms with van der Waals surface area (Å²) in [4.78, 5) is 2.55. The van der Waals surface area contributed by atoms with Gasteiger partial charge in [-0.05, 0) is 43.9 Å². The third-order valence-electron chi connectivity index (χ3n) is 3.61. The largest absolute Gasteiger partial charge is 0.369 e. The Morgan fingerprint density at radius 2 is 2.06 bits per heavy atom. The molecule has 0 bridgehead atoms. The van der Waals surface area contributed by atoms with Gasteiger partial charge < -0.3 is 10.2 Å². The van der Waals surface area contributed by atoms with Gasteiger partial charge in [0.2, 0.25) is 0 Å². The van der Waals surface area contributed by atoms with Crippen molar-refractivity contribution in [1.82, 2.24) is 5.32 Å². The number of rotatable bonds is 6. The lowest BCUT2D eigenvalue weighted by Crippen LogP contribution is -2.26. The van der Waals surface area contributed by atoms with Crippen LogP contribution in [0, 0.1) is 6.92 Å². The van der Waals surface area contributed by atoms with E-state index in [-0.39, 0.29) is 0 Å². The van der Waals surface area contributed by atoms with E-state index in [9.17, 15) is 0 Å². The van der Waals surface area contributed by atoms with Crippen LogP contribution < -0.4 is 10.2 Å². The van der Waals surface area contributed by atoms with Crippen LogP contribution in [0.1, 0.15) is 44.7 Å². The molecule has 1 saturated carbocycles. The average molecular weight is 246 g/mol. The molecular formula is C16H26N2. The maximum atomic E-state index is 3.47. The van der Waals surface area contributed by atoms with Gasteiger partial charge >= 0.3 is 0 Å². The fraction of sp³-hybridized carbons (Fsp3) is 0.625. The Morgan fingerprint density at radius 1 is 1.33 bits per heavy atom. The highest BCUT2D eigenvalue weighted by molar-refractivity contribution is 5.56. The molecule has 100 valence electrons. The topological polar surface area (TPSA) is 15.3 Å². The highest BCUT2D eigenvalue weighted by Crippen LogP contribution is 2.33. The van der Waals surface area contributed by atoms with E-state index in [1.165, 1.54) is 29.7 Å².